The van der Waals surface area contributed by atoms with Crippen molar-refractivity contribution in [2.75, 3.05) is 0 Å². The van der Waals surface area contributed by atoms with Gasteiger partial charge in [0.15, 0.2) is 8.07 Å². The molecule has 7 aromatic carbocycles. The van der Waals surface area contributed by atoms with Gasteiger partial charge in [-0.25, -0.2) is 0 Å². The van der Waals surface area contributed by atoms with Crippen LogP contribution in [0.4, 0.5) is 0 Å². The number of benzene rings is 7. The topological polar surface area (TPSA) is 76.3 Å². The van der Waals surface area contributed by atoms with Gasteiger partial charge in [0.2, 0.25) is 0 Å². The van der Waals surface area contributed by atoms with Crippen LogP contribution < -0.4 is 20.7 Å². The Hall–Kier alpha value is -6.97. The van der Waals surface area contributed by atoms with Crippen molar-refractivity contribution in [2.24, 2.45) is 0 Å². The Kier molecular flexibility index (Phi) is 7.63. The van der Waals surface area contributed by atoms with Crippen molar-refractivity contribution in [1.82, 2.24) is 4.57 Å². The SMILES string of the molecule is N#Cc1ccc2c(c1)c1ccccc1n2-c1cccc(C#N)c1-c1ccc([Si](c2ccccc2)(c2ccccc2)c2ccccc2)c(C#N)c1. The zero-order valence-corrected chi connectivity index (χ0v) is 28.0. The van der Waals surface area contributed by atoms with Gasteiger partial charge in [0.05, 0.1) is 51.6 Å². The molecule has 0 atom stereocenters. The van der Waals surface area contributed by atoms with Crippen LogP contribution in [0, 0.1) is 34.0 Å². The van der Waals surface area contributed by atoms with Gasteiger partial charge in [0, 0.05) is 16.3 Å². The summed E-state index contributed by atoms with van der Waals surface area (Å²) in [5.41, 5.74) is 5.93. The van der Waals surface area contributed by atoms with Gasteiger partial charge in [-0.1, -0.05) is 127 Å². The van der Waals surface area contributed by atoms with Crippen molar-refractivity contribution in [1.29, 1.82) is 15.8 Å². The Labute approximate surface area is 291 Å². The van der Waals surface area contributed by atoms with E-state index in [1.807, 2.05) is 72.8 Å². The van der Waals surface area contributed by atoms with Gasteiger partial charge < -0.3 is 4.57 Å². The van der Waals surface area contributed by atoms with E-state index >= 15 is 0 Å². The third-order valence-corrected chi connectivity index (χ3v) is 14.5. The average molecular weight is 653 g/mol. The van der Waals surface area contributed by atoms with Gasteiger partial charge in [-0.2, -0.15) is 15.8 Å². The number of nitrogens with zero attached hydrogens (tertiary/aromatic N) is 4. The molecule has 0 radical (unpaired) electrons. The third kappa shape index (κ3) is 4.72. The van der Waals surface area contributed by atoms with Crippen molar-refractivity contribution in [3.63, 3.8) is 0 Å². The lowest BCUT2D eigenvalue weighted by Crippen LogP contribution is -2.75. The second kappa shape index (κ2) is 12.6. The van der Waals surface area contributed by atoms with Gasteiger partial charge in [-0.3, -0.25) is 0 Å². The van der Waals surface area contributed by atoms with Crippen molar-refractivity contribution in [3.8, 4) is 35.0 Å². The van der Waals surface area contributed by atoms with Crippen molar-refractivity contribution < 1.29 is 0 Å². The summed E-state index contributed by atoms with van der Waals surface area (Å²) in [5, 5.41) is 37.7. The predicted octanol–water partition coefficient (Wildman–Crippen LogP) is 7.44. The second-order valence-corrected chi connectivity index (χ2v) is 16.0. The molecule has 50 heavy (non-hydrogen) atoms. The summed E-state index contributed by atoms with van der Waals surface area (Å²) >= 11 is 0. The molecular weight excluding hydrogens is 625 g/mol. The summed E-state index contributed by atoms with van der Waals surface area (Å²) in [7, 11) is -2.98. The molecule has 0 unspecified atom stereocenters. The quantitative estimate of drug-likeness (QED) is 0.138. The van der Waals surface area contributed by atoms with Crippen LogP contribution in [-0.4, -0.2) is 12.6 Å². The average Bonchev–Trinajstić information content (AvgIpc) is 3.52. The highest BCUT2D eigenvalue weighted by Gasteiger charge is 2.43. The smallest absolute Gasteiger partial charge is 0.180 e. The Balaban J connectivity index is 1.43. The Morgan fingerprint density at radius 2 is 1.02 bits per heavy atom. The Bertz CT molecular complexity index is 2580. The number of fused-ring (bicyclic) bond motifs is 3. The first-order valence-corrected chi connectivity index (χ1v) is 18.4. The lowest BCUT2D eigenvalue weighted by molar-refractivity contribution is 1.18. The van der Waals surface area contributed by atoms with E-state index in [2.05, 4.69) is 120 Å². The highest BCUT2D eigenvalue weighted by Crippen LogP contribution is 2.38. The van der Waals surface area contributed by atoms with Gasteiger partial charge in [-0.05, 0) is 68.8 Å². The fourth-order valence-electron chi connectivity index (χ4n) is 7.58. The second-order valence-electron chi connectivity index (χ2n) is 12.2. The lowest BCUT2D eigenvalue weighted by atomic mass is 9.96. The molecule has 1 heterocycles. The molecule has 0 spiro atoms. The van der Waals surface area contributed by atoms with E-state index in [1.165, 1.54) is 15.6 Å². The van der Waals surface area contributed by atoms with Crippen molar-refractivity contribution in [2.45, 2.75) is 0 Å². The standard InChI is InChI=1S/C45H28N4Si/c46-29-32-23-25-42-40(27-32)39-20-10-11-21-41(39)49(42)43-22-12-13-34(30-47)45(43)33-24-26-44(35(28-33)31-48)50(36-14-4-1-5-15-36,37-16-6-2-7-17-37)38-18-8-3-9-19-38/h1-28H. The highest BCUT2D eigenvalue weighted by molar-refractivity contribution is 7.20. The summed E-state index contributed by atoms with van der Waals surface area (Å²) in [6.45, 7) is 0. The molecular formula is C45H28N4Si. The summed E-state index contributed by atoms with van der Waals surface area (Å²) in [5.74, 6) is 0. The maximum Gasteiger partial charge on any atom is 0.180 e. The Morgan fingerprint density at radius 1 is 0.440 bits per heavy atom. The van der Waals surface area contributed by atoms with E-state index in [0.29, 0.717) is 16.7 Å². The number of rotatable bonds is 6. The van der Waals surface area contributed by atoms with Crippen molar-refractivity contribution >= 4 is 50.6 Å². The van der Waals surface area contributed by atoms with E-state index in [4.69, 9.17) is 0 Å². The zero-order valence-electron chi connectivity index (χ0n) is 27.0. The number of hydrogen-bond donors (Lipinski definition) is 0. The summed E-state index contributed by atoms with van der Waals surface area (Å²) in [6, 6.07) is 64.7. The van der Waals surface area contributed by atoms with E-state index in [-0.39, 0.29) is 0 Å². The minimum Gasteiger partial charge on any atom is -0.309 e. The first-order valence-electron chi connectivity index (χ1n) is 16.4. The molecule has 1 aromatic heterocycles. The summed E-state index contributed by atoms with van der Waals surface area (Å²) < 4.78 is 2.17. The number of para-hydroxylation sites is 1. The van der Waals surface area contributed by atoms with E-state index in [9.17, 15) is 15.8 Å². The zero-order chi connectivity index (χ0) is 34.1. The molecule has 0 saturated carbocycles. The molecule has 8 rings (SSSR count). The van der Waals surface area contributed by atoms with Crippen LogP contribution >= 0.6 is 0 Å². The number of aromatic nitrogens is 1. The Morgan fingerprint density at radius 3 is 1.62 bits per heavy atom. The molecule has 0 aliphatic rings. The van der Waals surface area contributed by atoms with Gasteiger partial charge >= 0.3 is 0 Å². The van der Waals surface area contributed by atoms with Crippen LogP contribution in [0.3, 0.4) is 0 Å². The molecule has 0 N–H and O–H groups in total. The fraction of sp³-hybridized carbons (Fsp3) is 0. The highest BCUT2D eigenvalue weighted by atomic mass is 28.3. The maximum absolute atomic E-state index is 11.0. The molecule has 0 fully saturated rings. The maximum atomic E-state index is 11.0. The lowest BCUT2D eigenvalue weighted by Gasteiger charge is -2.35. The van der Waals surface area contributed by atoms with Crippen LogP contribution in [0.1, 0.15) is 16.7 Å². The molecule has 232 valence electrons. The van der Waals surface area contributed by atoms with Gasteiger partial charge in [-0.15, -0.1) is 0 Å². The first kappa shape index (κ1) is 30.4. The van der Waals surface area contributed by atoms with E-state index in [0.717, 1.165) is 43.8 Å². The molecule has 4 nitrogen and oxygen atoms in total. The van der Waals surface area contributed by atoms with Crippen LogP contribution in [0.25, 0.3) is 38.6 Å². The molecule has 0 aliphatic heterocycles. The normalized spacial score (nSPS) is 11.1. The third-order valence-electron chi connectivity index (χ3n) is 9.66. The first-order chi connectivity index (χ1) is 24.7. The molecule has 0 amide bonds. The van der Waals surface area contributed by atoms with Gasteiger partial charge in [0.25, 0.3) is 0 Å². The van der Waals surface area contributed by atoms with E-state index in [1.54, 1.807) is 0 Å². The van der Waals surface area contributed by atoms with Crippen molar-refractivity contribution in [3.05, 3.63) is 187 Å². The van der Waals surface area contributed by atoms with Crippen LogP contribution in [0.15, 0.2) is 170 Å². The van der Waals surface area contributed by atoms with Crippen LogP contribution in [0.2, 0.25) is 0 Å². The number of nitriles is 3. The van der Waals surface area contributed by atoms with E-state index < -0.39 is 8.07 Å². The van der Waals surface area contributed by atoms with Crippen LogP contribution in [0.5, 0.6) is 0 Å². The molecule has 5 heteroatoms. The molecule has 0 aliphatic carbocycles. The fourth-order valence-corrected chi connectivity index (χ4v) is 12.5. The molecule has 0 saturated heterocycles. The molecule has 8 aromatic rings. The van der Waals surface area contributed by atoms with Crippen LogP contribution in [-0.2, 0) is 0 Å². The minimum atomic E-state index is -2.98. The molecule has 0 bridgehead atoms. The largest absolute Gasteiger partial charge is 0.309 e. The summed E-state index contributed by atoms with van der Waals surface area (Å²) in [4.78, 5) is 0. The summed E-state index contributed by atoms with van der Waals surface area (Å²) in [6.07, 6.45) is 0. The number of hydrogen-bond acceptors (Lipinski definition) is 3. The van der Waals surface area contributed by atoms with Gasteiger partial charge in [0.1, 0.15) is 0 Å². The minimum absolute atomic E-state index is 0.511. The predicted molar refractivity (Wildman–Crippen MR) is 204 cm³/mol. The monoisotopic (exact) mass is 652 g/mol.